The van der Waals surface area contributed by atoms with E-state index in [0.717, 1.165) is 47.4 Å². The Balaban J connectivity index is 1.48. The molecule has 0 bridgehead atoms. The summed E-state index contributed by atoms with van der Waals surface area (Å²) in [6, 6.07) is 24.4. The van der Waals surface area contributed by atoms with Crippen LogP contribution in [0.4, 0.5) is 0 Å². The molecule has 0 spiro atoms. The van der Waals surface area contributed by atoms with Crippen LogP contribution in [0.25, 0.3) is 34.4 Å². The summed E-state index contributed by atoms with van der Waals surface area (Å²) in [5.41, 5.74) is 5.04. The van der Waals surface area contributed by atoms with Crippen molar-refractivity contribution in [2.75, 3.05) is 6.61 Å². The maximum Gasteiger partial charge on any atom is 0.220 e. The number of fused-ring (bicyclic) bond motifs is 1. The topological polar surface area (TPSA) is 35.3 Å². The normalized spacial score (nSPS) is 11.3. The van der Waals surface area contributed by atoms with Gasteiger partial charge in [0.2, 0.25) is 5.89 Å². The second kappa shape index (κ2) is 8.57. The molecule has 0 unspecified atom stereocenters. The Morgan fingerprint density at radius 2 is 1.71 bits per heavy atom. The summed E-state index contributed by atoms with van der Waals surface area (Å²) in [6.45, 7) is 2.92. The van der Waals surface area contributed by atoms with Crippen molar-refractivity contribution in [3.05, 3.63) is 84.3 Å². The van der Waals surface area contributed by atoms with Crippen LogP contribution >= 0.6 is 0 Å². The van der Waals surface area contributed by atoms with E-state index in [9.17, 15) is 0 Å². The van der Waals surface area contributed by atoms with Gasteiger partial charge in [0.15, 0.2) is 5.58 Å². The third kappa shape index (κ3) is 4.32. The smallest absolute Gasteiger partial charge is 0.220 e. The van der Waals surface area contributed by atoms with Crippen LogP contribution < -0.4 is 4.74 Å². The Bertz CT molecular complexity index is 1060. The lowest BCUT2D eigenvalue weighted by molar-refractivity contribution is 0.309. The Morgan fingerprint density at radius 1 is 0.893 bits per heavy atom. The molecule has 4 rings (SSSR count). The standard InChI is InChI=1S/C25H23NO2/c1-2-3-17-27-22-13-9-19(10-14-22)11-16-25-26-23-18-21(12-15-24(23)28-25)20-7-5-4-6-8-20/h4-16,18H,2-3,17H2,1H3. The van der Waals surface area contributed by atoms with E-state index >= 15 is 0 Å². The number of nitrogens with zero attached hydrogens (tertiary/aromatic N) is 1. The first-order valence-electron chi connectivity index (χ1n) is 9.69. The molecular formula is C25H23NO2. The molecule has 0 aliphatic carbocycles. The summed E-state index contributed by atoms with van der Waals surface area (Å²) in [7, 11) is 0. The molecule has 3 heteroatoms. The Kier molecular flexibility index (Phi) is 5.53. The number of unbranched alkanes of at least 4 members (excludes halogenated alkanes) is 1. The molecule has 0 radical (unpaired) electrons. The summed E-state index contributed by atoms with van der Waals surface area (Å²) in [5.74, 6) is 1.50. The molecule has 1 heterocycles. The third-order valence-corrected chi connectivity index (χ3v) is 4.58. The number of hydrogen-bond acceptors (Lipinski definition) is 3. The summed E-state index contributed by atoms with van der Waals surface area (Å²) >= 11 is 0. The van der Waals surface area contributed by atoms with Crippen LogP contribution in [-0.4, -0.2) is 11.6 Å². The van der Waals surface area contributed by atoms with Crippen molar-refractivity contribution < 1.29 is 9.15 Å². The molecule has 28 heavy (non-hydrogen) atoms. The molecule has 3 nitrogen and oxygen atoms in total. The molecule has 0 saturated carbocycles. The van der Waals surface area contributed by atoms with Gasteiger partial charge in [-0.25, -0.2) is 4.98 Å². The largest absolute Gasteiger partial charge is 0.494 e. The zero-order chi connectivity index (χ0) is 19.2. The fourth-order valence-corrected chi connectivity index (χ4v) is 3.00. The van der Waals surface area contributed by atoms with Crippen molar-refractivity contribution in [1.29, 1.82) is 0 Å². The minimum atomic E-state index is 0.600. The van der Waals surface area contributed by atoms with Crippen molar-refractivity contribution in [3.63, 3.8) is 0 Å². The van der Waals surface area contributed by atoms with Crippen LogP contribution in [0.15, 0.2) is 77.2 Å². The highest BCUT2D eigenvalue weighted by Gasteiger charge is 2.05. The number of rotatable bonds is 7. The van der Waals surface area contributed by atoms with Crippen molar-refractivity contribution in [3.8, 4) is 16.9 Å². The lowest BCUT2D eigenvalue weighted by Crippen LogP contribution is -1.95. The Hall–Kier alpha value is -3.33. The average Bonchev–Trinajstić information content (AvgIpc) is 3.16. The predicted molar refractivity (Wildman–Crippen MR) is 115 cm³/mol. The second-order valence-corrected chi connectivity index (χ2v) is 6.71. The van der Waals surface area contributed by atoms with Crippen LogP contribution in [0, 0.1) is 0 Å². The first-order chi connectivity index (χ1) is 13.8. The zero-order valence-corrected chi connectivity index (χ0v) is 16.0. The predicted octanol–water partition coefficient (Wildman–Crippen LogP) is 6.84. The molecule has 0 fully saturated rings. The van der Waals surface area contributed by atoms with Gasteiger partial charge in [-0.2, -0.15) is 0 Å². The minimum absolute atomic E-state index is 0.600. The summed E-state index contributed by atoms with van der Waals surface area (Å²) in [5, 5.41) is 0. The number of ether oxygens (including phenoxy) is 1. The van der Waals surface area contributed by atoms with Crippen LogP contribution in [-0.2, 0) is 0 Å². The molecule has 0 saturated heterocycles. The SMILES string of the molecule is CCCCOc1ccc(C=Cc2nc3cc(-c4ccccc4)ccc3o2)cc1. The van der Waals surface area contributed by atoms with Gasteiger partial charge in [0, 0.05) is 6.08 Å². The van der Waals surface area contributed by atoms with Gasteiger partial charge < -0.3 is 9.15 Å². The van der Waals surface area contributed by atoms with Gasteiger partial charge in [0.25, 0.3) is 0 Å². The van der Waals surface area contributed by atoms with Crippen LogP contribution in [0.3, 0.4) is 0 Å². The number of oxazole rings is 1. The molecule has 0 N–H and O–H groups in total. The van der Waals surface area contributed by atoms with Gasteiger partial charge in [-0.3, -0.25) is 0 Å². The minimum Gasteiger partial charge on any atom is -0.494 e. The molecule has 0 atom stereocenters. The molecule has 0 aliphatic rings. The maximum atomic E-state index is 5.85. The summed E-state index contributed by atoms with van der Waals surface area (Å²) < 4.78 is 11.5. The fourth-order valence-electron chi connectivity index (χ4n) is 3.00. The summed E-state index contributed by atoms with van der Waals surface area (Å²) in [4.78, 5) is 4.60. The highest BCUT2D eigenvalue weighted by atomic mass is 16.5. The van der Waals surface area contributed by atoms with Crippen molar-refractivity contribution >= 4 is 23.3 Å². The summed E-state index contributed by atoms with van der Waals surface area (Å²) in [6.07, 6.45) is 6.11. The molecule has 0 amide bonds. The first-order valence-corrected chi connectivity index (χ1v) is 9.69. The molecular weight excluding hydrogens is 346 g/mol. The van der Waals surface area contributed by atoms with Crippen LogP contribution in [0.1, 0.15) is 31.2 Å². The van der Waals surface area contributed by atoms with Crippen molar-refractivity contribution in [2.45, 2.75) is 19.8 Å². The van der Waals surface area contributed by atoms with Gasteiger partial charge >= 0.3 is 0 Å². The fraction of sp³-hybridized carbons (Fsp3) is 0.160. The highest BCUT2D eigenvalue weighted by Crippen LogP contribution is 2.25. The van der Waals surface area contributed by atoms with Gasteiger partial charge in [0.05, 0.1) is 6.61 Å². The van der Waals surface area contributed by atoms with Crippen molar-refractivity contribution in [1.82, 2.24) is 4.98 Å². The molecule has 140 valence electrons. The molecule has 1 aromatic heterocycles. The van der Waals surface area contributed by atoms with E-state index in [4.69, 9.17) is 9.15 Å². The number of aromatic nitrogens is 1. The molecule has 4 aromatic rings. The van der Waals surface area contributed by atoms with E-state index in [-0.39, 0.29) is 0 Å². The van der Waals surface area contributed by atoms with E-state index < -0.39 is 0 Å². The van der Waals surface area contributed by atoms with Gasteiger partial charge in [-0.1, -0.05) is 61.9 Å². The van der Waals surface area contributed by atoms with Crippen LogP contribution in [0.5, 0.6) is 5.75 Å². The lowest BCUT2D eigenvalue weighted by atomic mass is 10.1. The third-order valence-electron chi connectivity index (χ3n) is 4.58. The first kappa shape index (κ1) is 18.1. The van der Waals surface area contributed by atoms with Gasteiger partial charge in [-0.15, -0.1) is 0 Å². The Labute approximate surface area is 165 Å². The van der Waals surface area contributed by atoms with E-state index in [1.54, 1.807) is 0 Å². The zero-order valence-electron chi connectivity index (χ0n) is 16.0. The monoisotopic (exact) mass is 369 g/mol. The van der Waals surface area contributed by atoms with Gasteiger partial charge in [0.1, 0.15) is 11.3 Å². The number of hydrogen-bond donors (Lipinski definition) is 0. The van der Waals surface area contributed by atoms with Gasteiger partial charge in [-0.05, 0) is 53.5 Å². The van der Waals surface area contributed by atoms with Crippen molar-refractivity contribution in [2.24, 2.45) is 0 Å². The van der Waals surface area contributed by atoms with E-state index in [0.29, 0.717) is 5.89 Å². The average molecular weight is 369 g/mol. The molecule has 0 aliphatic heterocycles. The maximum absolute atomic E-state index is 5.85. The van der Waals surface area contributed by atoms with E-state index in [1.807, 2.05) is 60.7 Å². The quantitative estimate of drug-likeness (QED) is 0.334. The lowest BCUT2D eigenvalue weighted by Gasteiger charge is -2.04. The highest BCUT2D eigenvalue weighted by molar-refractivity contribution is 5.82. The van der Waals surface area contributed by atoms with E-state index in [2.05, 4.69) is 36.2 Å². The van der Waals surface area contributed by atoms with Crippen LogP contribution in [0.2, 0.25) is 0 Å². The second-order valence-electron chi connectivity index (χ2n) is 6.71. The Morgan fingerprint density at radius 3 is 2.50 bits per heavy atom. The molecule has 3 aromatic carbocycles. The van der Waals surface area contributed by atoms with E-state index in [1.165, 1.54) is 5.56 Å². The number of benzene rings is 3.